The Hall–Kier alpha value is -1.43. The Labute approximate surface area is 106 Å². The quantitative estimate of drug-likeness (QED) is 0.665. The van der Waals surface area contributed by atoms with Crippen molar-refractivity contribution in [3.63, 3.8) is 0 Å². The van der Waals surface area contributed by atoms with Crippen molar-refractivity contribution in [1.29, 1.82) is 0 Å². The molecule has 2 N–H and O–H groups in total. The second kappa shape index (κ2) is 4.68. The van der Waals surface area contributed by atoms with E-state index in [1.165, 1.54) is 6.42 Å². The number of nitrogens with zero attached hydrogens (tertiary/aromatic N) is 2. The molecule has 18 heavy (non-hydrogen) atoms. The number of rotatable bonds is 1. The van der Waals surface area contributed by atoms with Crippen molar-refractivity contribution in [3.05, 3.63) is 0 Å². The van der Waals surface area contributed by atoms with Gasteiger partial charge < -0.3 is 10.2 Å². The van der Waals surface area contributed by atoms with Gasteiger partial charge in [0.2, 0.25) is 5.91 Å². The van der Waals surface area contributed by atoms with E-state index in [9.17, 15) is 9.59 Å². The van der Waals surface area contributed by atoms with Crippen LogP contribution in [0.4, 0.5) is 0 Å². The molecule has 3 heterocycles. The number of hydrogen-bond donors (Lipinski definition) is 2. The van der Waals surface area contributed by atoms with E-state index < -0.39 is 0 Å². The molecule has 0 aromatic heterocycles. The number of fused-ring (bicyclic) bond motifs is 2. The summed E-state index contributed by atoms with van der Waals surface area (Å²) in [5.74, 6) is -0.118. The number of carbonyl (C=O) groups is 2. The van der Waals surface area contributed by atoms with Crippen molar-refractivity contribution in [1.82, 2.24) is 15.6 Å². The third-order valence-corrected chi connectivity index (χ3v) is 3.96. The number of hydrogen-bond acceptors (Lipinski definition) is 4. The zero-order valence-electron chi connectivity index (χ0n) is 10.3. The summed E-state index contributed by atoms with van der Waals surface area (Å²) in [6.07, 6.45) is 4.22. The molecule has 0 spiro atoms. The van der Waals surface area contributed by atoms with Crippen LogP contribution in [0.15, 0.2) is 5.10 Å². The molecule has 0 aliphatic carbocycles. The maximum absolute atomic E-state index is 12.3. The molecule has 2 bridgehead atoms. The standard InChI is InChI=1S/C12H18N4O2/c17-11-4-3-10(14-15-11)12(18)16-6-5-8-1-2-9(7-16)13-8/h8-9,13H,1-7H2,(H,15,17). The maximum atomic E-state index is 12.3. The highest BCUT2D eigenvalue weighted by Crippen LogP contribution is 2.21. The Balaban J connectivity index is 1.67. The van der Waals surface area contributed by atoms with Crippen LogP contribution in [0, 0.1) is 0 Å². The molecule has 2 saturated heterocycles. The van der Waals surface area contributed by atoms with E-state index in [0.717, 1.165) is 25.9 Å². The first-order valence-corrected chi connectivity index (χ1v) is 6.63. The molecular weight excluding hydrogens is 232 g/mol. The van der Waals surface area contributed by atoms with E-state index in [4.69, 9.17) is 0 Å². The van der Waals surface area contributed by atoms with E-state index in [2.05, 4.69) is 15.8 Å². The highest BCUT2D eigenvalue weighted by molar-refractivity contribution is 6.39. The van der Waals surface area contributed by atoms with E-state index in [0.29, 0.717) is 30.6 Å². The minimum absolute atomic E-state index is 0.00986. The number of carbonyl (C=O) groups excluding carboxylic acids is 2. The van der Waals surface area contributed by atoms with Gasteiger partial charge in [0.1, 0.15) is 5.71 Å². The molecule has 6 nitrogen and oxygen atoms in total. The minimum atomic E-state index is -0.108. The molecule has 0 aromatic rings. The third kappa shape index (κ3) is 2.25. The van der Waals surface area contributed by atoms with Gasteiger partial charge in [-0.15, -0.1) is 0 Å². The van der Waals surface area contributed by atoms with Crippen LogP contribution in [-0.2, 0) is 9.59 Å². The summed E-state index contributed by atoms with van der Waals surface area (Å²) in [5, 5.41) is 7.43. The van der Waals surface area contributed by atoms with Gasteiger partial charge in [-0.2, -0.15) is 5.10 Å². The van der Waals surface area contributed by atoms with Crippen LogP contribution >= 0.6 is 0 Å². The molecule has 3 aliphatic heterocycles. The van der Waals surface area contributed by atoms with Crippen molar-refractivity contribution in [2.75, 3.05) is 13.1 Å². The average molecular weight is 250 g/mol. The Kier molecular flexibility index (Phi) is 3.03. The van der Waals surface area contributed by atoms with Crippen molar-refractivity contribution in [2.45, 2.75) is 44.2 Å². The normalized spacial score (nSPS) is 31.7. The van der Waals surface area contributed by atoms with Gasteiger partial charge in [-0.3, -0.25) is 9.59 Å². The van der Waals surface area contributed by atoms with Crippen LogP contribution in [0.2, 0.25) is 0 Å². The first kappa shape index (κ1) is 11.6. The van der Waals surface area contributed by atoms with E-state index >= 15 is 0 Å². The fourth-order valence-electron chi connectivity index (χ4n) is 2.94. The van der Waals surface area contributed by atoms with Crippen molar-refractivity contribution < 1.29 is 9.59 Å². The van der Waals surface area contributed by atoms with E-state index in [1.807, 2.05) is 4.90 Å². The Bertz CT molecular complexity index is 407. The van der Waals surface area contributed by atoms with Crippen LogP contribution in [0.3, 0.4) is 0 Å². The predicted octanol–water partition coefficient (Wildman–Crippen LogP) is -0.395. The fourth-order valence-corrected chi connectivity index (χ4v) is 2.94. The zero-order chi connectivity index (χ0) is 12.5. The number of hydrazone groups is 1. The average Bonchev–Trinajstić information content (AvgIpc) is 2.69. The fraction of sp³-hybridized carbons (Fsp3) is 0.750. The van der Waals surface area contributed by atoms with E-state index in [1.54, 1.807) is 0 Å². The number of likely N-dealkylation sites (tertiary alicyclic amines) is 1. The molecule has 2 atom stereocenters. The first-order valence-electron chi connectivity index (χ1n) is 6.63. The lowest BCUT2D eigenvalue weighted by molar-refractivity contribution is -0.124. The summed E-state index contributed by atoms with van der Waals surface area (Å²) < 4.78 is 0. The van der Waals surface area contributed by atoms with Gasteiger partial charge in [0.25, 0.3) is 5.91 Å². The van der Waals surface area contributed by atoms with Crippen LogP contribution in [0.1, 0.15) is 32.1 Å². The lowest BCUT2D eigenvalue weighted by atomic mass is 10.1. The third-order valence-electron chi connectivity index (χ3n) is 3.96. The molecule has 2 fully saturated rings. The topological polar surface area (TPSA) is 73.8 Å². The smallest absolute Gasteiger partial charge is 0.270 e. The molecule has 3 rings (SSSR count). The van der Waals surface area contributed by atoms with Gasteiger partial charge in [-0.05, 0) is 19.3 Å². The van der Waals surface area contributed by atoms with Gasteiger partial charge in [-0.25, -0.2) is 5.43 Å². The molecule has 0 radical (unpaired) electrons. The lowest BCUT2D eigenvalue weighted by Gasteiger charge is -2.25. The molecular formula is C12H18N4O2. The summed E-state index contributed by atoms with van der Waals surface area (Å²) >= 11 is 0. The molecule has 3 aliphatic rings. The van der Waals surface area contributed by atoms with Crippen LogP contribution in [-0.4, -0.2) is 47.6 Å². The summed E-state index contributed by atoms with van der Waals surface area (Å²) in [6, 6.07) is 1.00. The van der Waals surface area contributed by atoms with Crippen molar-refractivity contribution in [3.8, 4) is 0 Å². The Morgan fingerprint density at radius 2 is 2.06 bits per heavy atom. The second-order valence-electron chi connectivity index (χ2n) is 5.27. The molecule has 0 aromatic carbocycles. The van der Waals surface area contributed by atoms with Crippen molar-refractivity contribution >= 4 is 17.5 Å². The van der Waals surface area contributed by atoms with Gasteiger partial charge in [-0.1, -0.05) is 0 Å². The van der Waals surface area contributed by atoms with Gasteiger partial charge in [0.15, 0.2) is 0 Å². The van der Waals surface area contributed by atoms with Gasteiger partial charge >= 0.3 is 0 Å². The highest BCUT2D eigenvalue weighted by Gasteiger charge is 2.33. The van der Waals surface area contributed by atoms with Crippen LogP contribution < -0.4 is 10.7 Å². The predicted molar refractivity (Wildman–Crippen MR) is 66.0 cm³/mol. The first-order chi connectivity index (χ1) is 8.72. The van der Waals surface area contributed by atoms with Gasteiger partial charge in [0.05, 0.1) is 0 Å². The van der Waals surface area contributed by atoms with Crippen molar-refractivity contribution in [2.24, 2.45) is 5.10 Å². The summed E-state index contributed by atoms with van der Waals surface area (Å²) in [7, 11) is 0. The summed E-state index contributed by atoms with van der Waals surface area (Å²) in [4.78, 5) is 25.2. The zero-order valence-corrected chi connectivity index (χ0v) is 10.3. The SMILES string of the molecule is O=C1CCC(C(=O)N2CCC3CCC(C2)N3)=NN1. The van der Waals surface area contributed by atoms with Crippen LogP contribution in [0.5, 0.6) is 0 Å². The molecule has 2 amide bonds. The van der Waals surface area contributed by atoms with E-state index in [-0.39, 0.29) is 11.8 Å². The summed E-state index contributed by atoms with van der Waals surface area (Å²) in [5.41, 5.74) is 2.88. The molecule has 2 unspecified atom stereocenters. The largest absolute Gasteiger partial charge is 0.336 e. The number of amides is 2. The maximum Gasteiger partial charge on any atom is 0.270 e. The second-order valence-corrected chi connectivity index (χ2v) is 5.27. The Morgan fingerprint density at radius 1 is 1.22 bits per heavy atom. The lowest BCUT2D eigenvalue weighted by Crippen LogP contribution is -2.44. The van der Waals surface area contributed by atoms with Gasteiger partial charge in [0, 0.05) is 38.0 Å². The molecule has 98 valence electrons. The van der Waals surface area contributed by atoms with Crippen LogP contribution in [0.25, 0.3) is 0 Å². The highest BCUT2D eigenvalue weighted by atomic mass is 16.2. The number of nitrogens with one attached hydrogen (secondary N) is 2. The molecule has 0 saturated carbocycles. The monoisotopic (exact) mass is 250 g/mol. The minimum Gasteiger partial charge on any atom is -0.336 e. The molecule has 6 heteroatoms. The Morgan fingerprint density at radius 3 is 2.83 bits per heavy atom. The summed E-state index contributed by atoms with van der Waals surface area (Å²) in [6.45, 7) is 1.56.